The summed E-state index contributed by atoms with van der Waals surface area (Å²) in [5.41, 5.74) is 7.73. The highest BCUT2D eigenvalue weighted by Crippen LogP contribution is 2.29. The Morgan fingerprint density at radius 1 is 1.26 bits per heavy atom. The summed E-state index contributed by atoms with van der Waals surface area (Å²) < 4.78 is 7.01. The zero-order valence-corrected chi connectivity index (χ0v) is 15.9. The Morgan fingerprint density at radius 2 is 2.00 bits per heavy atom. The molecule has 5 nitrogen and oxygen atoms in total. The second kappa shape index (κ2) is 7.75. The molecule has 136 valence electrons. The highest BCUT2D eigenvalue weighted by Gasteiger charge is 2.23. The van der Waals surface area contributed by atoms with Crippen molar-refractivity contribution in [1.29, 1.82) is 5.26 Å². The molecule has 0 unspecified atom stereocenters. The topological polar surface area (TPSA) is 81.0 Å². The van der Waals surface area contributed by atoms with Crippen molar-refractivity contribution < 1.29 is 9.53 Å². The van der Waals surface area contributed by atoms with Crippen LogP contribution in [-0.2, 0) is 6.54 Å². The first-order valence-electron chi connectivity index (χ1n) is 7.96. The number of ether oxygens (including phenoxy) is 1. The molecular formula is C20H15Cl2N3O2. The molecule has 0 aliphatic heterocycles. The van der Waals surface area contributed by atoms with Gasteiger partial charge < -0.3 is 15.0 Å². The number of hydrogen-bond donors (Lipinski definition) is 1. The Labute approximate surface area is 166 Å². The molecule has 1 aromatic heterocycles. The zero-order chi connectivity index (χ0) is 19.6. The van der Waals surface area contributed by atoms with Gasteiger partial charge in [-0.15, -0.1) is 0 Å². The van der Waals surface area contributed by atoms with Gasteiger partial charge in [-0.05, 0) is 24.3 Å². The number of anilines is 1. The van der Waals surface area contributed by atoms with Gasteiger partial charge in [0, 0.05) is 22.3 Å². The van der Waals surface area contributed by atoms with Crippen LogP contribution in [-0.4, -0.2) is 17.5 Å². The largest absolute Gasteiger partial charge is 0.496 e. The molecule has 0 aliphatic rings. The Balaban J connectivity index is 2.11. The van der Waals surface area contributed by atoms with Gasteiger partial charge in [0.25, 0.3) is 0 Å². The molecule has 0 amide bonds. The van der Waals surface area contributed by atoms with E-state index < -0.39 is 0 Å². The van der Waals surface area contributed by atoms with Crippen LogP contribution in [0.15, 0.2) is 48.7 Å². The van der Waals surface area contributed by atoms with Gasteiger partial charge in [-0.1, -0.05) is 41.4 Å². The minimum atomic E-state index is -0.384. The molecule has 0 bridgehead atoms. The van der Waals surface area contributed by atoms with E-state index in [-0.39, 0.29) is 33.3 Å². The molecule has 7 heteroatoms. The SMILES string of the molecule is COc1ccccc1Cn1cc(C#N)c(N)c1C(=O)c1ccc(Cl)cc1Cl. The molecule has 2 N–H and O–H groups in total. The van der Waals surface area contributed by atoms with E-state index in [2.05, 4.69) is 0 Å². The van der Waals surface area contributed by atoms with Gasteiger partial charge in [0.2, 0.25) is 5.78 Å². The first kappa shape index (κ1) is 18.8. The van der Waals surface area contributed by atoms with Crippen LogP contribution in [0, 0.1) is 11.3 Å². The van der Waals surface area contributed by atoms with Crippen LogP contribution in [0.1, 0.15) is 27.2 Å². The zero-order valence-electron chi connectivity index (χ0n) is 14.4. The summed E-state index contributed by atoms with van der Waals surface area (Å²) in [6, 6.07) is 14.1. The van der Waals surface area contributed by atoms with Crippen LogP contribution in [0.25, 0.3) is 0 Å². The van der Waals surface area contributed by atoms with E-state index >= 15 is 0 Å². The summed E-state index contributed by atoms with van der Waals surface area (Å²) in [5, 5.41) is 9.98. The molecule has 1 heterocycles. The average Bonchev–Trinajstić information content (AvgIpc) is 2.97. The second-order valence-corrected chi connectivity index (χ2v) is 6.65. The highest BCUT2D eigenvalue weighted by molar-refractivity contribution is 6.37. The van der Waals surface area contributed by atoms with Gasteiger partial charge in [0.15, 0.2) is 0 Å². The number of nitrogen functional groups attached to an aromatic ring is 1. The van der Waals surface area contributed by atoms with E-state index in [1.807, 2.05) is 30.3 Å². The number of hydrogen-bond acceptors (Lipinski definition) is 4. The lowest BCUT2D eigenvalue weighted by atomic mass is 10.1. The van der Waals surface area contributed by atoms with Crippen molar-refractivity contribution in [3.05, 3.63) is 81.1 Å². The lowest BCUT2D eigenvalue weighted by molar-refractivity contribution is 0.103. The predicted octanol–water partition coefficient (Wildman–Crippen LogP) is 4.54. The van der Waals surface area contributed by atoms with Crippen molar-refractivity contribution in [3.63, 3.8) is 0 Å². The maximum atomic E-state index is 13.1. The minimum absolute atomic E-state index is 0.114. The number of carbonyl (C=O) groups excluding carboxylic acids is 1. The third-order valence-electron chi connectivity index (χ3n) is 4.16. The molecule has 3 aromatic rings. The molecule has 0 saturated carbocycles. The molecule has 0 saturated heterocycles. The fraction of sp³-hybridized carbons (Fsp3) is 0.100. The van der Waals surface area contributed by atoms with Gasteiger partial charge in [-0.3, -0.25) is 4.79 Å². The maximum absolute atomic E-state index is 13.1. The van der Waals surface area contributed by atoms with E-state index in [4.69, 9.17) is 33.7 Å². The number of benzene rings is 2. The van der Waals surface area contributed by atoms with E-state index in [9.17, 15) is 10.1 Å². The third-order valence-corrected chi connectivity index (χ3v) is 4.71. The predicted molar refractivity (Wildman–Crippen MR) is 106 cm³/mol. The van der Waals surface area contributed by atoms with Crippen LogP contribution < -0.4 is 10.5 Å². The molecule has 0 radical (unpaired) electrons. The molecule has 0 fully saturated rings. The Hall–Kier alpha value is -2.94. The summed E-state index contributed by atoms with van der Waals surface area (Å²) in [4.78, 5) is 13.1. The van der Waals surface area contributed by atoms with Crippen molar-refractivity contribution in [2.24, 2.45) is 0 Å². The van der Waals surface area contributed by atoms with Crippen molar-refractivity contribution in [2.45, 2.75) is 6.54 Å². The number of nitriles is 1. The lowest BCUT2D eigenvalue weighted by Gasteiger charge is -2.13. The van der Waals surface area contributed by atoms with Crippen molar-refractivity contribution in [2.75, 3.05) is 12.8 Å². The van der Waals surface area contributed by atoms with E-state index in [0.717, 1.165) is 5.56 Å². The molecule has 0 aliphatic carbocycles. The van der Waals surface area contributed by atoms with E-state index in [0.29, 0.717) is 17.3 Å². The average molecular weight is 400 g/mol. The summed E-state index contributed by atoms with van der Waals surface area (Å²) in [6.45, 7) is 0.308. The number of rotatable bonds is 5. The van der Waals surface area contributed by atoms with Gasteiger partial charge in [0.05, 0.1) is 29.9 Å². The first-order chi connectivity index (χ1) is 13.0. The number of methoxy groups -OCH3 is 1. The van der Waals surface area contributed by atoms with Crippen LogP contribution in [0.4, 0.5) is 5.69 Å². The van der Waals surface area contributed by atoms with Crippen molar-refractivity contribution in [3.8, 4) is 11.8 Å². The van der Waals surface area contributed by atoms with Crippen LogP contribution in [0.5, 0.6) is 5.75 Å². The van der Waals surface area contributed by atoms with Gasteiger partial charge in [-0.25, -0.2) is 0 Å². The quantitative estimate of drug-likeness (QED) is 0.638. The first-order valence-corrected chi connectivity index (χ1v) is 8.72. The van der Waals surface area contributed by atoms with Crippen LogP contribution >= 0.6 is 23.2 Å². The number of para-hydroxylation sites is 1. The number of nitrogens with two attached hydrogens (primary N) is 1. The Bertz CT molecular complexity index is 1070. The third kappa shape index (κ3) is 3.63. The summed E-state index contributed by atoms with van der Waals surface area (Å²) in [7, 11) is 1.57. The number of nitrogens with zero attached hydrogens (tertiary/aromatic N) is 2. The molecular weight excluding hydrogens is 385 g/mol. The van der Waals surface area contributed by atoms with Crippen LogP contribution in [0.2, 0.25) is 10.0 Å². The van der Waals surface area contributed by atoms with E-state index in [1.165, 1.54) is 6.07 Å². The fourth-order valence-electron chi connectivity index (χ4n) is 2.86. The molecule has 27 heavy (non-hydrogen) atoms. The smallest absolute Gasteiger partial charge is 0.213 e. The second-order valence-electron chi connectivity index (χ2n) is 5.81. The number of carbonyl (C=O) groups is 1. The molecule has 2 aromatic carbocycles. The molecule has 0 spiro atoms. The molecule has 3 rings (SSSR count). The van der Waals surface area contributed by atoms with Gasteiger partial charge >= 0.3 is 0 Å². The van der Waals surface area contributed by atoms with Crippen LogP contribution in [0.3, 0.4) is 0 Å². The van der Waals surface area contributed by atoms with Gasteiger partial charge in [-0.2, -0.15) is 5.26 Å². The minimum Gasteiger partial charge on any atom is -0.496 e. The number of ketones is 1. The Morgan fingerprint density at radius 3 is 2.67 bits per heavy atom. The number of halogens is 2. The number of aromatic nitrogens is 1. The standard InChI is InChI=1S/C20H15Cl2N3O2/c1-27-17-5-3-2-4-12(17)10-25-11-13(9-23)18(24)19(25)20(26)15-7-6-14(21)8-16(15)22/h2-8,11H,10,24H2,1H3. The summed E-state index contributed by atoms with van der Waals surface area (Å²) in [6.07, 6.45) is 1.55. The highest BCUT2D eigenvalue weighted by atomic mass is 35.5. The van der Waals surface area contributed by atoms with Gasteiger partial charge in [0.1, 0.15) is 17.5 Å². The monoisotopic (exact) mass is 399 g/mol. The van der Waals surface area contributed by atoms with Crippen molar-refractivity contribution in [1.82, 2.24) is 4.57 Å². The summed E-state index contributed by atoms with van der Waals surface area (Å²) in [5.74, 6) is 0.289. The Kier molecular flexibility index (Phi) is 5.41. The molecule has 0 atom stereocenters. The van der Waals surface area contributed by atoms with Crippen molar-refractivity contribution >= 4 is 34.7 Å². The lowest BCUT2D eigenvalue weighted by Crippen LogP contribution is -2.13. The maximum Gasteiger partial charge on any atom is 0.213 e. The van der Waals surface area contributed by atoms with E-state index in [1.54, 1.807) is 30.0 Å². The fourth-order valence-corrected chi connectivity index (χ4v) is 3.35. The summed E-state index contributed by atoms with van der Waals surface area (Å²) >= 11 is 12.1. The normalized spacial score (nSPS) is 10.4.